The van der Waals surface area contributed by atoms with E-state index in [1.807, 2.05) is 6.92 Å². The molecule has 0 aromatic carbocycles. The Morgan fingerprint density at radius 3 is 2.92 bits per heavy atom. The molecule has 1 rings (SSSR count). The fourth-order valence-corrected chi connectivity index (χ4v) is 1.06. The van der Waals surface area contributed by atoms with Gasteiger partial charge in [0.15, 0.2) is 0 Å². The SMILES string of the molecule is CCCCOC(=O)C1CC1C=O. The second kappa shape index (κ2) is 4.24. The van der Waals surface area contributed by atoms with Crippen molar-refractivity contribution in [3.63, 3.8) is 0 Å². The van der Waals surface area contributed by atoms with Gasteiger partial charge in [0.05, 0.1) is 12.5 Å². The first kappa shape index (κ1) is 9.23. The average molecular weight is 170 g/mol. The molecule has 2 atom stereocenters. The molecule has 1 fully saturated rings. The van der Waals surface area contributed by atoms with Crippen molar-refractivity contribution in [2.45, 2.75) is 26.2 Å². The van der Waals surface area contributed by atoms with Crippen molar-refractivity contribution in [2.24, 2.45) is 11.8 Å². The Morgan fingerprint density at radius 2 is 2.42 bits per heavy atom. The summed E-state index contributed by atoms with van der Waals surface area (Å²) >= 11 is 0. The second-order valence-corrected chi connectivity index (χ2v) is 3.16. The van der Waals surface area contributed by atoms with Gasteiger partial charge in [-0.3, -0.25) is 4.79 Å². The standard InChI is InChI=1S/C9H14O3/c1-2-3-4-12-9(11)8-5-7(8)6-10/h6-8H,2-5H2,1H3. The number of rotatable bonds is 5. The molecule has 0 aromatic heterocycles. The van der Waals surface area contributed by atoms with E-state index >= 15 is 0 Å². The molecule has 0 radical (unpaired) electrons. The van der Waals surface area contributed by atoms with Crippen molar-refractivity contribution in [1.29, 1.82) is 0 Å². The van der Waals surface area contributed by atoms with Crippen molar-refractivity contribution in [3.8, 4) is 0 Å². The molecule has 0 spiro atoms. The number of esters is 1. The molecule has 0 aliphatic heterocycles. The summed E-state index contributed by atoms with van der Waals surface area (Å²) in [5, 5.41) is 0. The minimum absolute atomic E-state index is 0.0564. The third kappa shape index (κ3) is 2.32. The predicted octanol–water partition coefficient (Wildman–Crippen LogP) is 1.16. The van der Waals surface area contributed by atoms with Gasteiger partial charge in [-0.2, -0.15) is 0 Å². The molecule has 0 saturated heterocycles. The lowest BCUT2D eigenvalue weighted by Crippen LogP contribution is -2.09. The lowest BCUT2D eigenvalue weighted by atomic mass is 10.3. The molecule has 3 heteroatoms. The Hall–Kier alpha value is -0.860. The minimum Gasteiger partial charge on any atom is -0.465 e. The van der Waals surface area contributed by atoms with Crippen LogP contribution in [0.25, 0.3) is 0 Å². The van der Waals surface area contributed by atoms with Gasteiger partial charge >= 0.3 is 5.97 Å². The zero-order valence-corrected chi connectivity index (χ0v) is 7.29. The molecule has 3 nitrogen and oxygen atoms in total. The van der Waals surface area contributed by atoms with E-state index in [0.29, 0.717) is 13.0 Å². The lowest BCUT2D eigenvalue weighted by molar-refractivity contribution is -0.146. The summed E-state index contributed by atoms with van der Waals surface area (Å²) in [6, 6.07) is 0. The number of unbranched alkanes of at least 4 members (excludes halogenated alkanes) is 1. The quantitative estimate of drug-likeness (QED) is 0.353. The molecule has 2 unspecified atom stereocenters. The fraction of sp³-hybridized carbons (Fsp3) is 0.778. The van der Waals surface area contributed by atoms with Gasteiger partial charge in [0, 0.05) is 5.92 Å². The van der Waals surface area contributed by atoms with Crippen molar-refractivity contribution < 1.29 is 14.3 Å². The van der Waals surface area contributed by atoms with Crippen molar-refractivity contribution >= 4 is 12.3 Å². The molecule has 1 aliphatic carbocycles. The summed E-state index contributed by atoms with van der Waals surface area (Å²) in [5.41, 5.74) is 0. The maximum Gasteiger partial charge on any atom is 0.309 e. The van der Waals surface area contributed by atoms with Crippen LogP contribution >= 0.6 is 0 Å². The number of ether oxygens (including phenoxy) is 1. The normalized spacial score (nSPS) is 26.4. The topological polar surface area (TPSA) is 43.4 Å². The van der Waals surface area contributed by atoms with Gasteiger partial charge in [-0.15, -0.1) is 0 Å². The highest BCUT2D eigenvalue weighted by Gasteiger charge is 2.43. The van der Waals surface area contributed by atoms with Gasteiger partial charge in [0.1, 0.15) is 6.29 Å². The number of hydrogen-bond acceptors (Lipinski definition) is 3. The minimum atomic E-state index is -0.194. The molecule has 12 heavy (non-hydrogen) atoms. The van der Waals surface area contributed by atoms with Crippen LogP contribution in [0.2, 0.25) is 0 Å². The molecule has 0 N–H and O–H groups in total. The zero-order valence-electron chi connectivity index (χ0n) is 7.29. The smallest absolute Gasteiger partial charge is 0.309 e. The van der Waals surface area contributed by atoms with E-state index < -0.39 is 0 Å². The fourth-order valence-electron chi connectivity index (χ4n) is 1.06. The molecule has 0 bridgehead atoms. The highest BCUT2D eigenvalue weighted by molar-refractivity contribution is 5.81. The van der Waals surface area contributed by atoms with Crippen LogP contribution in [0.3, 0.4) is 0 Å². The third-order valence-electron chi connectivity index (χ3n) is 2.06. The van der Waals surface area contributed by atoms with Crippen LogP contribution < -0.4 is 0 Å². The summed E-state index contributed by atoms with van der Waals surface area (Å²) in [6.45, 7) is 2.54. The number of aldehydes is 1. The van der Waals surface area contributed by atoms with E-state index in [2.05, 4.69) is 0 Å². The first-order valence-electron chi connectivity index (χ1n) is 4.41. The summed E-state index contributed by atoms with van der Waals surface area (Å²) in [4.78, 5) is 21.3. The molecule has 0 aromatic rings. The van der Waals surface area contributed by atoms with E-state index in [-0.39, 0.29) is 17.8 Å². The average Bonchev–Trinajstić information content (AvgIpc) is 2.83. The molecule has 68 valence electrons. The lowest BCUT2D eigenvalue weighted by Gasteiger charge is -2.01. The van der Waals surface area contributed by atoms with Crippen LogP contribution in [0.15, 0.2) is 0 Å². The summed E-state index contributed by atoms with van der Waals surface area (Å²) in [5.74, 6) is -0.376. The molecule has 1 saturated carbocycles. The highest BCUT2D eigenvalue weighted by Crippen LogP contribution is 2.37. The largest absolute Gasteiger partial charge is 0.465 e. The van der Waals surface area contributed by atoms with Crippen molar-refractivity contribution in [2.75, 3.05) is 6.61 Å². The highest BCUT2D eigenvalue weighted by atomic mass is 16.5. The van der Waals surface area contributed by atoms with Crippen LogP contribution in [0.1, 0.15) is 26.2 Å². The van der Waals surface area contributed by atoms with Gasteiger partial charge in [-0.25, -0.2) is 0 Å². The number of carbonyl (C=O) groups excluding carboxylic acids is 2. The molecule has 0 amide bonds. The third-order valence-corrected chi connectivity index (χ3v) is 2.06. The van der Waals surface area contributed by atoms with Crippen LogP contribution in [0.5, 0.6) is 0 Å². The Kier molecular flexibility index (Phi) is 3.26. The Balaban J connectivity index is 2.09. The predicted molar refractivity (Wildman–Crippen MR) is 43.5 cm³/mol. The van der Waals surface area contributed by atoms with Crippen molar-refractivity contribution in [3.05, 3.63) is 0 Å². The first-order valence-corrected chi connectivity index (χ1v) is 4.41. The van der Waals surface area contributed by atoms with E-state index in [9.17, 15) is 9.59 Å². The molecule has 1 aliphatic rings. The van der Waals surface area contributed by atoms with Gasteiger partial charge in [-0.05, 0) is 12.8 Å². The van der Waals surface area contributed by atoms with Crippen LogP contribution in [-0.2, 0) is 14.3 Å². The zero-order chi connectivity index (χ0) is 8.97. The number of hydrogen-bond donors (Lipinski definition) is 0. The molecular formula is C9H14O3. The summed E-state index contributed by atoms with van der Waals surface area (Å²) in [6.07, 6.45) is 3.46. The van der Waals surface area contributed by atoms with Crippen molar-refractivity contribution in [1.82, 2.24) is 0 Å². The monoisotopic (exact) mass is 170 g/mol. The summed E-state index contributed by atoms with van der Waals surface area (Å²) < 4.78 is 4.94. The Morgan fingerprint density at radius 1 is 1.67 bits per heavy atom. The van der Waals surface area contributed by atoms with Crippen LogP contribution in [0.4, 0.5) is 0 Å². The Labute approximate surface area is 72.1 Å². The molecular weight excluding hydrogens is 156 g/mol. The second-order valence-electron chi connectivity index (χ2n) is 3.16. The van der Waals surface area contributed by atoms with E-state index in [1.165, 1.54) is 0 Å². The van der Waals surface area contributed by atoms with Crippen LogP contribution in [0, 0.1) is 11.8 Å². The maximum absolute atomic E-state index is 11.1. The van der Waals surface area contributed by atoms with E-state index in [0.717, 1.165) is 19.1 Å². The van der Waals surface area contributed by atoms with Gasteiger partial charge in [0.25, 0.3) is 0 Å². The van der Waals surface area contributed by atoms with Gasteiger partial charge in [-0.1, -0.05) is 13.3 Å². The molecule has 0 heterocycles. The van der Waals surface area contributed by atoms with Gasteiger partial charge < -0.3 is 9.53 Å². The van der Waals surface area contributed by atoms with E-state index in [1.54, 1.807) is 0 Å². The van der Waals surface area contributed by atoms with Crippen LogP contribution in [-0.4, -0.2) is 18.9 Å². The summed E-state index contributed by atoms with van der Waals surface area (Å²) in [7, 11) is 0. The van der Waals surface area contributed by atoms with E-state index in [4.69, 9.17) is 4.74 Å². The Bertz CT molecular complexity index is 177. The number of carbonyl (C=O) groups is 2. The van der Waals surface area contributed by atoms with Gasteiger partial charge in [0.2, 0.25) is 0 Å². The first-order chi connectivity index (χ1) is 5.79. The maximum atomic E-state index is 11.1.